The van der Waals surface area contributed by atoms with Gasteiger partial charge in [-0.15, -0.1) is 0 Å². The first-order valence-electron chi connectivity index (χ1n) is 9.19. The summed E-state index contributed by atoms with van der Waals surface area (Å²) in [6.45, 7) is 1.84. The molecule has 1 heterocycles. The minimum absolute atomic E-state index is 0.251. The molecule has 0 N–H and O–H groups in total. The first-order valence-corrected chi connectivity index (χ1v) is 11.0. The maximum absolute atomic E-state index is 12.6. The van der Waals surface area contributed by atoms with Crippen LogP contribution in [0.5, 0.6) is 0 Å². The molecule has 3 aromatic rings. The molecule has 0 spiro atoms. The number of sulfone groups is 1. The van der Waals surface area contributed by atoms with Gasteiger partial charge in [-0.3, -0.25) is 4.79 Å². The molecule has 0 aliphatic rings. The summed E-state index contributed by atoms with van der Waals surface area (Å²) in [5.74, 6) is -1.30. The molecule has 0 radical (unpaired) electrons. The number of benzene rings is 2. The lowest BCUT2D eigenvalue weighted by Crippen LogP contribution is -2.34. The molecule has 154 valence electrons. The fourth-order valence-electron chi connectivity index (χ4n) is 2.96. The fraction of sp³-hybridized carbons (Fsp3) is 0.238. The van der Waals surface area contributed by atoms with Crippen LogP contribution in [0.4, 0.5) is 0 Å². The van der Waals surface area contributed by atoms with E-state index in [1.54, 1.807) is 42.3 Å². The summed E-state index contributed by atoms with van der Waals surface area (Å²) >= 11 is 0. The van der Waals surface area contributed by atoms with Gasteiger partial charge in [-0.25, -0.2) is 18.1 Å². The maximum atomic E-state index is 12.6. The van der Waals surface area contributed by atoms with E-state index in [1.807, 2.05) is 37.3 Å². The number of aromatic nitrogens is 3. The van der Waals surface area contributed by atoms with Crippen LogP contribution < -0.4 is 0 Å². The lowest BCUT2D eigenvalue weighted by molar-refractivity contribution is -0.129. The van der Waals surface area contributed by atoms with Crippen LogP contribution >= 0.6 is 0 Å². The zero-order chi connectivity index (χ0) is 21.7. The number of hydrogen-bond acceptors (Lipinski definition) is 6. The normalized spacial score (nSPS) is 12.2. The molecule has 0 fully saturated rings. The summed E-state index contributed by atoms with van der Waals surface area (Å²) in [6, 6.07) is 15.4. The van der Waals surface area contributed by atoms with Gasteiger partial charge in [-0.1, -0.05) is 24.3 Å². The molecule has 0 aliphatic heterocycles. The van der Waals surface area contributed by atoms with Gasteiger partial charge in [0, 0.05) is 7.05 Å². The van der Waals surface area contributed by atoms with Crippen LogP contribution in [0.1, 0.15) is 29.7 Å². The highest BCUT2D eigenvalue weighted by molar-refractivity contribution is 7.91. The first kappa shape index (κ1) is 21.2. The molecule has 0 bridgehead atoms. The van der Waals surface area contributed by atoms with Crippen LogP contribution in [0.3, 0.4) is 0 Å². The van der Waals surface area contributed by atoms with Gasteiger partial charge in [0.25, 0.3) is 0 Å². The molecule has 8 nitrogen and oxygen atoms in total. The van der Waals surface area contributed by atoms with Gasteiger partial charge in [0.15, 0.2) is 9.84 Å². The van der Waals surface area contributed by atoms with E-state index < -0.39 is 21.5 Å². The Hall–Kier alpha value is -3.51. The Kier molecular flexibility index (Phi) is 6.28. The molecule has 1 atom stereocenters. The summed E-state index contributed by atoms with van der Waals surface area (Å²) in [7, 11) is -2.05. The number of nitriles is 1. The van der Waals surface area contributed by atoms with Crippen LogP contribution in [0.15, 0.2) is 61.2 Å². The third kappa shape index (κ3) is 5.10. The average Bonchev–Trinajstić information content (AvgIpc) is 3.27. The molecule has 1 unspecified atom stereocenters. The molecule has 0 saturated carbocycles. The molecule has 9 heteroatoms. The standard InChI is InChI=1S/C21H21N5O3S/c1-16(19-7-9-20(10-8-19)26-15-23-14-24-26)25(2)21(27)13-30(28,29)12-18-5-3-17(11-22)4-6-18/h3-10,14-16H,12-13H2,1-2H3. The van der Waals surface area contributed by atoms with E-state index in [1.165, 1.54) is 11.2 Å². The second-order valence-corrected chi connectivity index (χ2v) is 9.02. The summed E-state index contributed by atoms with van der Waals surface area (Å²) in [5.41, 5.74) is 2.71. The second kappa shape index (κ2) is 8.88. The molecule has 2 aromatic carbocycles. The maximum Gasteiger partial charge on any atom is 0.238 e. The summed E-state index contributed by atoms with van der Waals surface area (Å²) in [4.78, 5) is 17.9. The van der Waals surface area contributed by atoms with Gasteiger partial charge in [0.1, 0.15) is 18.4 Å². The first-order chi connectivity index (χ1) is 14.3. The average molecular weight is 423 g/mol. The fourth-order valence-corrected chi connectivity index (χ4v) is 4.34. The largest absolute Gasteiger partial charge is 0.338 e. The SMILES string of the molecule is CC(c1ccc(-n2cncn2)cc1)N(C)C(=O)CS(=O)(=O)Cc1ccc(C#N)cc1. The van der Waals surface area contributed by atoms with E-state index in [0.717, 1.165) is 11.3 Å². The van der Waals surface area contributed by atoms with Crippen molar-refractivity contribution in [2.24, 2.45) is 0 Å². The van der Waals surface area contributed by atoms with Gasteiger partial charge >= 0.3 is 0 Å². The van der Waals surface area contributed by atoms with Crippen LogP contribution in [-0.2, 0) is 20.4 Å². The van der Waals surface area contributed by atoms with E-state index in [-0.39, 0.29) is 11.8 Å². The van der Waals surface area contributed by atoms with Crippen LogP contribution in [0.2, 0.25) is 0 Å². The Bertz CT molecular complexity index is 1150. The van der Waals surface area contributed by atoms with E-state index in [9.17, 15) is 13.2 Å². The highest BCUT2D eigenvalue weighted by Gasteiger charge is 2.24. The highest BCUT2D eigenvalue weighted by Crippen LogP contribution is 2.21. The summed E-state index contributed by atoms with van der Waals surface area (Å²) in [6.07, 6.45) is 3.04. The highest BCUT2D eigenvalue weighted by atomic mass is 32.2. The van der Waals surface area contributed by atoms with Gasteiger partial charge < -0.3 is 4.90 Å². The van der Waals surface area contributed by atoms with Crippen molar-refractivity contribution in [1.82, 2.24) is 19.7 Å². The van der Waals surface area contributed by atoms with Crippen molar-refractivity contribution in [3.63, 3.8) is 0 Å². The Labute approximate surface area is 175 Å². The molecule has 3 rings (SSSR count). The smallest absolute Gasteiger partial charge is 0.238 e. The third-order valence-electron chi connectivity index (χ3n) is 4.85. The molecular formula is C21H21N5O3S. The molecule has 0 aliphatic carbocycles. The van der Waals surface area contributed by atoms with E-state index in [2.05, 4.69) is 10.1 Å². The minimum Gasteiger partial charge on any atom is -0.338 e. The topological polar surface area (TPSA) is 109 Å². The number of rotatable bonds is 7. The monoisotopic (exact) mass is 423 g/mol. The lowest BCUT2D eigenvalue weighted by Gasteiger charge is -2.25. The van der Waals surface area contributed by atoms with Crippen molar-refractivity contribution >= 4 is 15.7 Å². The van der Waals surface area contributed by atoms with Crippen molar-refractivity contribution in [2.45, 2.75) is 18.7 Å². The van der Waals surface area contributed by atoms with E-state index in [0.29, 0.717) is 11.1 Å². The van der Waals surface area contributed by atoms with Crippen molar-refractivity contribution in [2.75, 3.05) is 12.8 Å². The van der Waals surface area contributed by atoms with Crippen molar-refractivity contribution in [1.29, 1.82) is 5.26 Å². The van der Waals surface area contributed by atoms with Gasteiger partial charge in [-0.05, 0) is 42.3 Å². The molecule has 1 aromatic heterocycles. The summed E-state index contributed by atoms with van der Waals surface area (Å²) < 4.78 is 26.6. The number of carbonyl (C=O) groups is 1. The predicted molar refractivity (Wildman–Crippen MR) is 111 cm³/mol. The van der Waals surface area contributed by atoms with Crippen LogP contribution in [0.25, 0.3) is 5.69 Å². The van der Waals surface area contributed by atoms with Gasteiger partial charge in [0.2, 0.25) is 5.91 Å². The molecule has 30 heavy (non-hydrogen) atoms. The number of carbonyl (C=O) groups excluding carboxylic acids is 1. The predicted octanol–water partition coefficient (Wildman–Crippen LogP) is 2.27. The van der Waals surface area contributed by atoms with Crippen LogP contribution in [0, 0.1) is 11.3 Å². The Morgan fingerprint density at radius 1 is 1.17 bits per heavy atom. The molecule has 1 amide bonds. The van der Waals surface area contributed by atoms with E-state index >= 15 is 0 Å². The zero-order valence-electron chi connectivity index (χ0n) is 16.6. The number of nitrogens with zero attached hydrogens (tertiary/aromatic N) is 5. The second-order valence-electron chi connectivity index (χ2n) is 6.95. The lowest BCUT2D eigenvalue weighted by atomic mass is 10.1. The Morgan fingerprint density at radius 2 is 1.83 bits per heavy atom. The van der Waals surface area contributed by atoms with Gasteiger partial charge in [0.05, 0.1) is 29.1 Å². The van der Waals surface area contributed by atoms with Crippen molar-refractivity contribution in [3.8, 4) is 11.8 Å². The quantitative estimate of drug-likeness (QED) is 0.577. The van der Waals surface area contributed by atoms with Crippen LogP contribution in [-0.4, -0.2) is 46.8 Å². The Morgan fingerprint density at radius 3 is 2.40 bits per heavy atom. The Balaban J connectivity index is 1.64. The van der Waals surface area contributed by atoms with E-state index in [4.69, 9.17) is 5.26 Å². The van der Waals surface area contributed by atoms with Crippen molar-refractivity contribution < 1.29 is 13.2 Å². The molecular weight excluding hydrogens is 402 g/mol. The van der Waals surface area contributed by atoms with Crippen molar-refractivity contribution in [3.05, 3.63) is 77.9 Å². The number of hydrogen-bond donors (Lipinski definition) is 0. The zero-order valence-corrected chi connectivity index (χ0v) is 17.5. The number of amides is 1. The minimum atomic E-state index is -3.64. The summed E-state index contributed by atoms with van der Waals surface area (Å²) in [5, 5.41) is 12.9. The van der Waals surface area contributed by atoms with Gasteiger partial charge in [-0.2, -0.15) is 10.4 Å². The molecule has 0 saturated heterocycles. The third-order valence-corrected chi connectivity index (χ3v) is 6.31.